The van der Waals surface area contributed by atoms with Crippen molar-refractivity contribution in [2.75, 3.05) is 55.0 Å². The molecule has 3 amide bonds. The van der Waals surface area contributed by atoms with Gasteiger partial charge >= 0.3 is 5.97 Å². The minimum atomic E-state index is -1.08. The van der Waals surface area contributed by atoms with E-state index in [2.05, 4.69) is 61.1 Å². The van der Waals surface area contributed by atoms with Crippen LogP contribution in [0.1, 0.15) is 99.9 Å². The molecular formula is C49H63N15O7S. The summed E-state index contributed by atoms with van der Waals surface area (Å²) in [6.45, 7) is 14.6. The monoisotopic (exact) mass is 1010 g/mol. The third-order valence-corrected chi connectivity index (χ3v) is 11.7. The molecule has 0 spiro atoms. The van der Waals surface area contributed by atoms with E-state index < -0.39 is 34.7 Å². The molecule has 0 aliphatic heterocycles. The highest BCUT2D eigenvalue weighted by atomic mass is 32.1. The number of carbonyl (C=O) groups is 4. The number of hydrogen-bond donors (Lipinski definition) is 6. The number of fused-ring (bicyclic) bond motifs is 1. The van der Waals surface area contributed by atoms with Crippen molar-refractivity contribution in [2.24, 2.45) is 0 Å². The van der Waals surface area contributed by atoms with Crippen LogP contribution >= 0.6 is 11.3 Å². The van der Waals surface area contributed by atoms with Gasteiger partial charge in [0.1, 0.15) is 22.2 Å². The Hall–Kier alpha value is -7.50. The summed E-state index contributed by atoms with van der Waals surface area (Å²) in [6, 6.07) is 12.9. The summed E-state index contributed by atoms with van der Waals surface area (Å²) >= 11 is 1.17. The number of nitrogens with two attached hydrogens (primary N) is 2. The molecule has 0 aliphatic carbocycles. The smallest absolute Gasteiger partial charge is 0.329 e. The molecule has 23 heteroatoms. The Kier molecular flexibility index (Phi) is 18.0. The number of nitrogens with zero attached hydrogens (tertiary/aromatic N) is 9. The van der Waals surface area contributed by atoms with Gasteiger partial charge in [-0.25, -0.2) is 29.7 Å². The van der Waals surface area contributed by atoms with Gasteiger partial charge in [-0.05, 0) is 110 Å². The number of pyridine rings is 1. The van der Waals surface area contributed by atoms with Crippen molar-refractivity contribution < 1.29 is 33.4 Å². The van der Waals surface area contributed by atoms with Crippen LogP contribution in [0.2, 0.25) is 0 Å². The van der Waals surface area contributed by atoms with Crippen molar-refractivity contribution >= 4 is 74.7 Å². The lowest BCUT2D eigenvalue weighted by Crippen LogP contribution is -2.45. The average molecular weight is 1010 g/mol. The van der Waals surface area contributed by atoms with Crippen molar-refractivity contribution in [3.05, 3.63) is 89.5 Å². The van der Waals surface area contributed by atoms with E-state index in [1.807, 2.05) is 45.7 Å². The summed E-state index contributed by atoms with van der Waals surface area (Å²) in [4.78, 5) is 89.7. The molecule has 22 nitrogen and oxygen atoms in total. The molecule has 0 saturated heterocycles. The van der Waals surface area contributed by atoms with Crippen LogP contribution in [0.15, 0.2) is 73.3 Å². The van der Waals surface area contributed by atoms with Gasteiger partial charge in [0.2, 0.25) is 17.8 Å². The van der Waals surface area contributed by atoms with E-state index in [1.165, 1.54) is 11.3 Å². The second-order valence-corrected chi connectivity index (χ2v) is 19.9. The van der Waals surface area contributed by atoms with Gasteiger partial charge in [0.05, 0.1) is 48.5 Å². The fourth-order valence-electron chi connectivity index (χ4n) is 6.94. The minimum absolute atomic E-state index is 0.0128. The zero-order valence-electron chi connectivity index (χ0n) is 41.8. The highest BCUT2D eigenvalue weighted by Gasteiger charge is 2.29. The molecule has 5 heterocycles. The van der Waals surface area contributed by atoms with Crippen molar-refractivity contribution in [2.45, 2.75) is 104 Å². The number of benzene rings is 1. The van der Waals surface area contributed by atoms with E-state index in [4.69, 9.17) is 25.7 Å². The number of hydrogen-bond acceptors (Lipinski definition) is 20. The van der Waals surface area contributed by atoms with E-state index in [1.54, 1.807) is 88.0 Å². The zero-order chi connectivity index (χ0) is 52.1. The van der Waals surface area contributed by atoms with Crippen LogP contribution in [0.3, 0.4) is 0 Å². The Balaban J connectivity index is 0.913. The highest BCUT2D eigenvalue weighted by Crippen LogP contribution is 2.31. The van der Waals surface area contributed by atoms with Gasteiger partial charge in [-0.1, -0.05) is 17.4 Å². The quantitative estimate of drug-likeness (QED) is 0.0326. The number of thiazole rings is 1. The molecule has 5 aromatic heterocycles. The largest absolute Gasteiger partial charge is 0.458 e. The number of nitrogens with one attached hydrogen (secondary N) is 4. The maximum atomic E-state index is 13.5. The third-order valence-electron chi connectivity index (χ3n) is 10.8. The van der Waals surface area contributed by atoms with E-state index in [9.17, 15) is 19.2 Å². The second-order valence-electron chi connectivity index (χ2n) is 18.9. The summed E-state index contributed by atoms with van der Waals surface area (Å²) < 4.78 is 18.0. The minimum Gasteiger partial charge on any atom is -0.458 e. The van der Waals surface area contributed by atoms with Gasteiger partial charge in [-0.15, -0.1) is 0 Å². The predicted octanol–water partition coefficient (Wildman–Crippen LogP) is 5.41. The topological polar surface area (TPSA) is 302 Å². The molecule has 0 radical (unpaired) electrons. The van der Waals surface area contributed by atoms with Gasteiger partial charge in [-0.2, -0.15) is 9.97 Å². The predicted molar refractivity (Wildman–Crippen MR) is 274 cm³/mol. The third kappa shape index (κ3) is 16.3. The number of nitrogen functional groups attached to an aromatic ring is 2. The number of anilines is 5. The number of esters is 1. The van der Waals surface area contributed by atoms with Crippen LogP contribution in [-0.2, 0) is 30.3 Å². The standard InChI is InChI=1S/C49H63N15O7S/c1-47(2,3)71-43(68)34(59-41(66)30-13-15-32(16-14-30)64(8)29-31-28-57-40-37(58-31)39(50)61-44(51)62-40)17-18-35(65)53-24-19-48(4,5)69-26-20-49(6,7)70-27-25-54-42(67)38-36(33-12-9-10-21-52-33)60-46(72-38)63-45-55-22-11-23-56-45/h9-16,21-23,28,34H,17-20,24-27,29H2,1-8H3,(H,53,65)(H,54,67)(H,59,66)(H,55,56,60,63)(H4,50,51,57,61,62). The maximum absolute atomic E-state index is 13.5. The first-order valence-electron chi connectivity index (χ1n) is 23.3. The molecule has 382 valence electrons. The van der Waals surface area contributed by atoms with Crippen LogP contribution in [0.25, 0.3) is 22.6 Å². The highest BCUT2D eigenvalue weighted by molar-refractivity contribution is 7.18. The Labute approximate surface area is 421 Å². The first-order valence-corrected chi connectivity index (χ1v) is 24.1. The van der Waals surface area contributed by atoms with Crippen LogP contribution in [0.4, 0.5) is 28.5 Å². The Morgan fingerprint density at radius 3 is 2.18 bits per heavy atom. The first kappa shape index (κ1) is 53.8. The molecule has 8 N–H and O–H groups in total. The van der Waals surface area contributed by atoms with E-state index in [0.29, 0.717) is 82.3 Å². The zero-order valence-corrected chi connectivity index (χ0v) is 42.6. The van der Waals surface area contributed by atoms with Crippen LogP contribution in [0.5, 0.6) is 0 Å². The second kappa shape index (κ2) is 24.1. The molecule has 1 unspecified atom stereocenters. The van der Waals surface area contributed by atoms with E-state index >= 15 is 0 Å². The number of rotatable bonds is 24. The van der Waals surface area contributed by atoms with Crippen LogP contribution < -0.4 is 37.6 Å². The molecule has 6 aromatic rings. The summed E-state index contributed by atoms with van der Waals surface area (Å²) in [6.07, 6.45) is 7.49. The van der Waals surface area contributed by atoms with Crippen molar-refractivity contribution in [1.82, 2.24) is 55.8 Å². The van der Waals surface area contributed by atoms with Crippen molar-refractivity contribution in [1.29, 1.82) is 0 Å². The molecule has 72 heavy (non-hydrogen) atoms. The molecular weight excluding hydrogens is 943 g/mol. The lowest BCUT2D eigenvalue weighted by atomic mass is 10.0. The van der Waals surface area contributed by atoms with E-state index in [-0.39, 0.29) is 49.6 Å². The van der Waals surface area contributed by atoms with Crippen molar-refractivity contribution in [3.8, 4) is 11.4 Å². The van der Waals surface area contributed by atoms with Crippen LogP contribution in [0, 0.1) is 0 Å². The molecule has 0 bridgehead atoms. The van der Waals surface area contributed by atoms with Gasteiger partial charge in [0, 0.05) is 56.4 Å². The molecule has 1 atom stereocenters. The Morgan fingerprint density at radius 1 is 0.764 bits per heavy atom. The number of amides is 3. The summed E-state index contributed by atoms with van der Waals surface area (Å²) in [7, 11) is 1.86. The van der Waals surface area contributed by atoms with Gasteiger partial charge in [-0.3, -0.25) is 19.4 Å². The SMILES string of the molecule is CN(Cc1cnc2nc(N)nc(N)c2n1)c1ccc(C(=O)NC(CCC(=O)NCCC(C)(C)OCCC(C)(C)OCCNC(=O)c2sc(Nc3ncccn3)nc2-c2ccccn2)C(=O)OC(C)(C)C)cc1. The Bertz CT molecular complexity index is 2790. The maximum Gasteiger partial charge on any atom is 0.329 e. The molecule has 0 saturated carbocycles. The summed E-state index contributed by atoms with van der Waals surface area (Å²) in [5.41, 5.74) is 13.0. The molecule has 1 aromatic carbocycles. The normalized spacial score (nSPS) is 12.2. The van der Waals surface area contributed by atoms with E-state index in [0.717, 1.165) is 5.69 Å². The number of ether oxygens (including phenoxy) is 3. The number of aromatic nitrogens is 8. The molecule has 0 aliphatic rings. The van der Waals surface area contributed by atoms with Crippen LogP contribution in [-0.4, -0.2) is 120 Å². The molecule has 6 rings (SSSR count). The van der Waals surface area contributed by atoms with Gasteiger partial charge in [0.15, 0.2) is 22.1 Å². The fraction of sp³-hybridized carbons (Fsp3) is 0.429. The molecule has 0 fully saturated rings. The average Bonchev–Trinajstić information content (AvgIpc) is 3.75. The van der Waals surface area contributed by atoms with Gasteiger partial charge < -0.3 is 51.8 Å². The fourth-order valence-corrected chi connectivity index (χ4v) is 7.83. The number of carbonyl (C=O) groups excluding carboxylic acids is 4. The van der Waals surface area contributed by atoms with Gasteiger partial charge in [0.25, 0.3) is 11.8 Å². The summed E-state index contributed by atoms with van der Waals surface area (Å²) in [5, 5.41) is 12.1. The lowest BCUT2D eigenvalue weighted by molar-refractivity contribution is -0.157. The first-order chi connectivity index (χ1) is 34.1. The lowest BCUT2D eigenvalue weighted by Gasteiger charge is -2.30. The summed E-state index contributed by atoms with van der Waals surface area (Å²) in [5.74, 6) is -1.25. The Morgan fingerprint density at radius 2 is 1.47 bits per heavy atom. The van der Waals surface area contributed by atoms with Crippen molar-refractivity contribution in [3.63, 3.8) is 0 Å².